The number of anilines is 1. The molecule has 1 N–H and O–H groups in total. The number of rotatable bonds is 3. The molecule has 1 aliphatic heterocycles. The zero-order valence-electron chi connectivity index (χ0n) is 15.2. The maximum absolute atomic E-state index is 12.7. The second-order valence-corrected chi connectivity index (χ2v) is 9.14. The number of nitrogens with zero attached hydrogens (tertiary/aromatic N) is 2. The zero-order valence-corrected chi connectivity index (χ0v) is 16.9. The Kier molecular flexibility index (Phi) is 5.07. The van der Waals surface area contributed by atoms with Crippen LogP contribution in [0.25, 0.3) is 10.2 Å². The van der Waals surface area contributed by atoms with Crippen molar-refractivity contribution >= 4 is 44.1 Å². The number of hydrogen-bond acceptors (Lipinski definition) is 4. The second kappa shape index (κ2) is 7.42. The van der Waals surface area contributed by atoms with Gasteiger partial charge in [-0.2, -0.15) is 13.2 Å². The smallest absolute Gasteiger partial charge is 0.330 e. The van der Waals surface area contributed by atoms with Gasteiger partial charge < -0.3 is 9.62 Å². The number of aryl methyl sites for hydroxylation is 1. The van der Waals surface area contributed by atoms with Crippen LogP contribution in [0.3, 0.4) is 0 Å². The summed E-state index contributed by atoms with van der Waals surface area (Å²) in [5.41, 5.74) is 2.87. The van der Waals surface area contributed by atoms with Gasteiger partial charge in [0, 0.05) is 18.8 Å². The monoisotopic (exact) mass is 439 g/mol. The number of carbonyl (C=O) groups excluding carboxylic acids is 1. The van der Waals surface area contributed by atoms with E-state index in [1.807, 2.05) is 13.0 Å². The Balaban J connectivity index is 1.53. The molecule has 3 aromatic rings. The number of aromatic nitrogens is 1. The number of amides is 1. The molecule has 0 aliphatic carbocycles. The first-order chi connectivity index (χ1) is 13.7. The number of fused-ring (bicyclic) bond motifs is 2. The Morgan fingerprint density at radius 1 is 1.21 bits per heavy atom. The van der Waals surface area contributed by atoms with Crippen molar-refractivity contribution in [3.8, 4) is 0 Å². The van der Waals surface area contributed by atoms with Crippen molar-refractivity contribution in [1.29, 1.82) is 0 Å². The van der Waals surface area contributed by atoms with E-state index in [1.54, 1.807) is 41.7 Å². The van der Waals surface area contributed by atoms with Crippen LogP contribution in [0.4, 0.5) is 18.9 Å². The molecule has 0 saturated carbocycles. The summed E-state index contributed by atoms with van der Waals surface area (Å²) in [7, 11) is -1.61. The number of thiazole rings is 1. The van der Waals surface area contributed by atoms with Crippen LogP contribution >= 0.6 is 11.3 Å². The van der Waals surface area contributed by atoms with Gasteiger partial charge in [-0.15, -0.1) is 11.3 Å². The van der Waals surface area contributed by atoms with Crippen LogP contribution in [0.2, 0.25) is 0 Å². The van der Waals surface area contributed by atoms with Gasteiger partial charge in [0.05, 0.1) is 20.1 Å². The van der Waals surface area contributed by atoms with Gasteiger partial charge in [0.2, 0.25) is 0 Å². The Morgan fingerprint density at radius 3 is 2.76 bits per heavy atom. The number of carbonyl (C=O) groups is 1. The largest absolute Gasteiger partial charge is 0.471 e. The van der Waals surface area contributed by atoms with Crippen molar-refractivity contribution in [3.05, 3.63) is 52.5 Å². The first kappa shape index (κ1) is 19.8. The molecule has 5 nitrogen and oxygen atoms in total. The highest BCUT2D eigenvalue weighted by atomic mass is 32.2. The van der Waals surface area contributed by atoms with E-state index < -0.39 is 23.1 Å². The van der Waals surface area contributed by atoms with Crippen LogP contribution in [0.5, 0.6) is 0 Å². The fraction of sp³-hybridized carbons (Fsp3) is 0.263. The summed E-state index contributed by atoms with van der Waals surface area (Å²) in [6, 6.07) is 10.5. The van der Waals surface area contributed by atoms with Gasteiger partial charge in [0.25, 0.3) is 0 Å². The fourth-order valence-corrected chi connectivity index (χ4v) is 4.98. The minimum absolute atomic E-state index is 0.0130. The molecule has 0 saturated heterocycles. The Hall–Kier alpha value is -2.46. The molecule has 2 aromatic carbocycles. The molecule has 1 unspecified atom stereocenters. The van der Waals surface area contributed by atoms with Crippen LogP contribution in [0.15, 0.2) is 41.3 Å². The first-order valence-electron chi connectivity index (χ1n) is 8.74. The van der Waals surface area contributed by atoms with Crippen LogP contribution in [0, 0.1) is 6.92 Å². The predicted octanol–water partition coefficient (Wildman–Crippen LogP) is 4.19. The van der Waals surface area contributed by atoms with E-state index in [4.69, 9.17) is 0 Å². The van der Waals surface area contributed by atoms with E-state index in [0.29, 0.717) is 22.6 Å². The second-order valence-electron chi connectivity index (χ2n) is 6.69. The Bertz CT molecular complexity index is 1130. The van der Waals surface area contributed by atoms with Crippen molar-refractivity contribution in [2.75, 3.05) is 11.3 Å². The van der Waals surface area contributed by atoms with E-state index in [-0.39, 0.29) is 13.1 Å². The van der Waals surface area contributed by atoms with Crippen molar-refractivity contribution in [1.82, 2.24) is 9.88 Å². The Labute approximate surface area is 171 Å². The highest BCUT2D eigenvalue weighted by molar-refractivity contribution is 7.86. The van der Waals surface area contributed by atoms with E-state index >= 15 is 0 Å². The number of hydrogen-bond donors (Lipinski definition) is 1. The van der Waals surface area contributed by atoms with Gasteiger partial charge in [-0.25, -0.2) is 9.19 Å². The van der Waals surface area contributed by atoms with E-state index in [2.05, 4.69) is 9.71 Å². The van der Waals surface area contributed by atoms with Gasteiger partial charge >= 0.3 is 12.1 Å². The molecule has 1 atom stereocenters. The molecule has 0 fully saturated rings. The number of alkyl halides is 3. The standard InChI is InChI=1S/C19H16F3N3O2S2/c1-11-23-16-9-14(3-5-17(16)28-11)24-29(27)15-4-2-12-6-7-25(10-13(12)8-15)18(26)19(20,21)22/h2-5,8-9,24H,6-7,10H2,1H3. The highest BCUT2D eigenvalue weighted by Gasteiger charge is 2.43. The fourth-order valence-electron chi connectivity index (χ4n) is 3.27. The molecule has 152 valence electrons. The molecule has 10 heteroatoms. The van der Waals surface area contributed by atoms with Crippen LogP contribution < -0.4 is 4.72 Å². The summed E-state index contributed by atoms with van der Waals surface area (Å²) in [5, 5.41) is 0.936. The molecule has 2 heterocycles. The zero-order chi connectivity index (χ0) is 20.8. The molecular weight excluding hydrogens is 423 g/mol. The average molecular weight is 439 g/mol. The lowest BCUT2D eigenvalue weighted by Crippen LogP contribution is -2.43. The molecule has 1 amide bonds. The third kappa shape index (κ3) is 4.13. The van der Waals surface area contributed by atoms with Gasteiger partial charge in [-0.1, -0.05) is 6.07 Å². The summed E-state index contributed by atoms with van der Waals surface area (Å²) >= 11 is 1.57. The molecular formula is C19H16F3N3O2S2. The lowest BCUT2D eigenvalue weighted by Gasteiger charge is -2.29. The maximum atomic E-state index is 12.7. The van der Waals surface area contributed by atoms with E-state index in [1.165, 1.54) is 0 Å². The lowest BCUT2D eigenvalue weighted by atomic mass is 10.00. The number of halogens is 3. The quantitative estimate of drug-likeness (QED) is 0.666. The molecule has 1 aliphatic rings. The van der Waals surface area contributed by atoms with Crippen molar-refractivity contribution in [3.63, 3.8) is 0 Å². The van der Waals surface area contributed by atoms with Crippen molar-refractivity contribution < 1.29 is 22.2 Å². The minimum Gasteiger partial charge on any atom is -0.330 e. The lowest BCUT2D eigenvalue weighted by molar-refractivity contribution is -0.186. The van der Waals surface area contributed by atoms with Gasteiger partial charge in [0.1, 0.15) is 11.0 Å². The molecule has 0 bridgehead atoms. The van der Waals surface area contributed by atoms with Gasteiger partial charge in [-0.3, -0.25) is 4.79 Å². The first-order valence-corrected chi connectivity index (χ1v) is 10.7. The maximum Gasteiger partial charge on any atom is 0.471 e. The SMILES string of the molecule is Cc1nc2cc(NS(=O)c3ccc4c(c3)CN(C(=O)C(F)(F)F)CC4)ccc2s1. The summed E-state index contributed by atoms with van der Waals surface area (Å²) in [6.45, 7) is 1.78. The van der Waals surface area contributed by atoms with Gasteiger partial charge in [-0.05, 0) is 54.8 Å². The molecule has 0 radical (unpaired) electrons. The summed E-state index contributed by atoms with van der Waals surface area (Å²) in [4.78, 5) is 17.1. The third-order valence-corrected chi connectivity index (χ3v) is 6.69. The van der Waals surface area contributed by atoms with Crippen LogP contribution in [-0.2, 0) is 28.7 Å². The van der Waals surface area contributed by atoms with Gasteiger partial charge in [0.15, 0.2) is 0 Å². The molecule has 1 aromatic heterocycles. The normalized spacial score (nSPS) is 15.2. The van der Waals surface area contributed by atoms with E-state index in [0.717, 1.165) is 25.7 Å². The topological polar surface area (TPSA) is 62.3 Å². The predicted molar refractivity (Wildman–Crippen MR) is 106 cm³/mol. The molecule has 0 spiro atoms. The van der Waals surface area contributed by atoms with E-state index in [9.17, 15) is 22.2 Å². The minimum atomic E-state index is -4.90. The van der Waals surface area contributed by atoms with Crippen LogP contribution in [-0.4, -0.2) is 32.7 Å². The summed E-state index contributed by atoms with van der Waals surface area (Å²) < 4.78 is 54.8. The summed E-state index contributed by atoms with van der Waals surface area (Å²) in [6.07, 6.45) is -4.57. The van der Waals surface area contributed by atoms with Crippen molar-refractivity contribution in [2.24, 2.45) is 0 Å². The summed E-state index contributed by atoms with van der Waals surface area (Å²) in [5.74, 6) is -1.85. The molecule has 4 rings (SSSR count). The van der Waals surface area contributed by atoms with Crippen molar-refractivity contribution in [2.45, 2.75) is 31.0 Å². The third-order valence-electron chi connectivity index (χ3n) is 4.64. The number of nitrogens with one attached hydrogen (secondary N) is 1. The number of benzene rings is 2. The van der Waals surface area contributed by atoms with Crippen LogP contribution in [0.1, 0.15) is 16.1 Å². The Morgan fingerprint density at radius 2 is 2.00 bits per heavy atom. The average Bonchev–Trinajstić information content (AvgIpc) is 3.05. The molecule has 29 heavy (non-hydrogen) atoms. The highest BCUT2D eigenvalue weighted by Crippen LogP contribution is 2.28.